The molecule has 0 heterocycles. The van der Waals surface area contributed by atoms with Crippen LogP contribution in [0.15, 0.2) is 87.0 Å². The van der Waals surface area contributed by atoms with Gasteiger partial charge in [-0.1, -0.05) is 74.9 Å². The Morgan fingerprint density at radius 1 is 0.562 bits per heavy atom. The largest absolute Gasteiger partial charge is 0.489 e. The summed E-state index contributed by atoms with van der Waals surface area (Å²) in [5.41, 5.74) is 0. The first-order valence-corrected chi connectivity index (χ1v) is 10.5. The fraction of sp³-hybridized carbons (Fsp3) is 0.143. The highest BCUT2D eigenvalue weighted by molar-refractivity contribution is 6.28. The van der Waals surface area contributed by atoms with E-state index in [4.69, 9.17) is 18.9 Å². The second-order valence-corrected chi connectivity index (χ2v) is 7.20. The van der Waals surface area contributed by atoms with Gasteiger partial charge in [0.15, 0.2) is 11.5 Å². The molecule has 0 amide bonds. The average molecular weight is 427 g/mol. The van der Waals surface area contributed by atoms with Gasteiger partial charge >= 0.3 is 0 Å². The fourth-order valence-electron chi connectivity index (χ4n) is 3.98. The molecule has 0 N–H and O–H groups in total. The molecule has 162 valence electrons. The van der Waals surface area contributed by atoms with Gasteiger partial charge in [-0.25, -0.2) is 0 Å². The van der Waals surface area contributed by atoms with E-state index in [0.29, 0.717) is 49.4 Å². The lowest BCUT2D eigenvalue weighted by Crippen LogP contribution is -2.06. The highest BCUT2D eigenvalue weighted by atomic mass is 16.5. The van der Waals surface area contributed by atoms with Crippen LogP contribution in [0.4, 0.5) is 0 Å². The van der Waals surface area contributed by atoms with Crippen molar-refractivity contribution in [2.45, 2.75) is 0 Å². The summed E-state index contributed by atoms with van der Waals surface area (Å²) < 4.78 is 24.6. The summed E-state index contributed by atoms with van der Waals surface area (Å²) in [5.74, 6) is 2.35. The van der Waals surface area contributed by atoms with E-state index >= 15 is 0 Å². The number of benzene rings is 4. The molecular formula is C28H26O4. The SMILES string of the molecule is C=CCOc1c(OCC=C)c2ccc3cccc4cc(OCC=C)c(c1OCC=C)c2c34. The van der Waals surface area contributed by atoms with E-state index in [1.165, 1.54) is 0 Å². The molecule has 0 saturated heterocycles. The molecule has 0 fully saturated rings. The Morgan fingerprint density at radius 3 is 1.84 bits per heavy atom. The molecule has 4 nitrogen and oxygen atoms in total. The smallest absolute Gasteiger partial charge is 0.205 e. The van der Waals surface area contributed by atoms with Crippen LogP contribution >= 0.6 is 0 Å². The van der Waals surface area contributed by atoms with Crippen LogP contribution in [0.2, 0.25) is 0 Å². The molecule has 4 heteroatoms. The van der Waals surface area contributed by atoms with Crippen LogP contribution in [0.3, 0.4) is 0 Å². The highest BCUT2D eigenvalue weighted by Crippen LogP contribution is 2.54. The zero-order valence-corrected chi connectivity index (χ0v) is 18.1. The van der Waals surface area contributed by atoms with E-state index in [2.05, 4.69) is 50.6 Å². The molecule has 0 aromatic heterocycles. The van der Waals surface area contributed by atoms with Crippen molar-refractivity contribution in [1.29, 1.82) is 0 Å². The molecule has 0 saturated carbocycles. The summed E-state index contributed by atoms with van der Waals surface area (Å²) >= 11 is 0. The first-order chi connectivity index (χ1) is 15.7. The Labute approximate surface area is 188 Å². The number of ether oxygens (including phenoxy) is 4. The third kappa shape index (κ3) is 3.65. The minimum Gasteiger partial charge on any atom is -0.489 e. The zero-order valence-electron chi connectivity index (χ0n) is 18.1. The highest BCUT2D eigenvalue weighted by Gasteiger charge is 2.26. The van der Waals surface area contributed by atoms with Crippen molar-refractivity contribution in [3.05, 3.63) is 87.0 Å². The topological polar surface area (TPSA) is 36.9 Å². The quantitative estimate of drug-likeness (QED) is 0.183. The summed E-state index contributed by atoms with van der Waals surface area (Å²) in [6.45, 7) is 16.5. The molecule has 0 spiro atoms. The monoisotopic (exact) mass is 426 g/mol. The van der Waals surface area contributed by atoms with Crippen molar-refractivity contribution < 1.29 is 18.9 Å². The summed E-state index contributed by atoms with van der Waals surface area (Å²) in [6.07, 6.45) is 6.82. The van der Waals surface area contributed by atoms with Gasteiger partial charge < -0.3 is 18.9 Å². The van der Waals surface area contributed by atoms with Gasteiger partial charge in [-0.15, -0.1) is 0 Å². The summed E-state index contributed by atoms with van der Waals surface area (Å²) in [4.78, 5) is 0. The van der Waals surface area contributed by atoms with E-state index < -0.39 is 0 Å². The Hall–Kier alpha value is -3.92. The van der Waals surface area contributed by atoms with Crippen LogP contribution in [-0.4, -0.2) is 26.4 Å². The Morgan fingerprint density at radius 2 is 1.16 bits per heavy atom. The van der Waals surface area contributed by atoms with Crippen LogP contribution in [0.25, 0.3) is 32.3 Å². The summed E-state index contributed by atoms with van der Waals surface area (Å²) in [7, 11) is 0. The molecule has 32 heavy (non-hydrogen) atoms. The predicted molar refractivity (Wildman–Crippen MR) is 133 cm³/mol. The van der Waals surface area contributed by atoms with Crippen molar-refractivity contribution in [2.24, 2.45) is 0 Å². The molecule has 0 unspecified atom stereocenters. The van der Waals surface area contributed by atoms with Crippen LogP contribution in [0, 0.1) is 0 Å². The Kier molecular flexibility index (Phi) is 6.31. The van der Waals surface area contributed by atoms with E-state index in [-0.39, 0.29) is 0 Å². The Bertz CT molecular complexity index is 1300. The lowest BCUT2D eigenvalue weighted by atomic mass is 9.92. The average Bonchev–Trinajstić information content (AvgIpc) is 2.82. The van der Waals surface area contributed by atoms with Crippen molar-refractivity contribution >= 4 is 32.3 Å². The third-order valence-electron chi connectivity index (χ3n) is 5.14. The van der Waals surface area contributed by atoms with Crippen molar-refractivity contribution in [3.8, 4) is 23.0 Å². The van der Waals surface area contributed by atoms with Crippen molar-refractivity contribution in [1.82, 2.24) is 0 Å². The Balaban J connectivity index is 2.20. The molecule has 4 rings (SSSR count). The normalized spacial score (nSPS) is 10.9. The number of rotatable bonds is 12. The van der Waals surface area contributed by atoms with Crippen LogP contribution in [-0.2, 0) is 0 Å². The third-order valence-corrected chi connectivity index (χ3v) is 5.14. The van der Waals surface area contributed by atoms with Gasteiger partial charge in [-0.05, 0) is 28.3 Å². The van der Waals surface area contributed by atoms with Gasteiger partial charge in [0.1, 0.15) is 32.2 Å². The van der Waals surface area contributed by atoms with E-state index in [1.807, 2.05) is 12.1 Å². The summed E-state index contributed by atoms with van der Waals surface area (Å²) in [5, 5.41) is 6.07. The van der Waals surface area contributed by atoms with E-state index in [1.54, 1.807) is 24.3 Å². The van der Waals surface area contributed by atoms with Crippen LogP contribution in [0.1, 0.15) is 0 Å². The second-order valence-electron chi connectivity index (χ2n) is 7.20. The molecular weight excluding hydrogens is 400 g/mol. The molecule has 0 radical (unpaired) electrons. The van der Waals surface area contributed by atoms with Gasteiger partial charge in [0.05, 0.1) is 5.39 Å². The molecule has 0 bridgehead atoms. The number of hydrogen-bond donors (Lipinski definition) is 0. The summed E-state index contributed by atoms with van der Waals surface area (Å²) in [6, 6.07) is 12.4. The van der Waals surface area contributed by atoms with E-state index in [9.17, 15) is 0 Å². The first-order valence-electron chi connectivity index (χ1n) is 10.5. The molecule has 0 aliphatic carbocycles. The first kappa shape index (κ1) is 21.3. The van der Waals surface area contributed by atoms with Gasteiger partial charge in [-0.3, -0.25) is 0 Å². The van der Waals surface area contributed by atoms with Gasteiger partial charge in [-0.2, -0.15) is 0 Å². The molecule has 0 atom stereocenters. The van der Waals surface area contributed by atoms with Gasteiger partial charge in [0.25, 0.3) is 0 Å². The molecule has 0 aliphatic rings. The van der Waals surface area contributed by atoms with Gasteiger partial charge in [0.2, 0.25) is 5.75 Å². The minimum absolute atomic E-state index is 0.297. The van der Waals surface area contributed by atoms with Crippen molar-refractivity contribution in [3.63, 3.8) is 0 Å². The van der Waals surface area contributed by atoms with Crippen molar-refractivity contribution in [2.75, 3.05) is 26.4 Å². The maximum atomic E-state index is 6.19. The fourth-order valence-corrected chi connectivity index (χ4v) is 3.98. The molecule has 4 aromatic carbocycles. The number of hydrogen-bond acceptors (Lipinski definition) is 4. The van der Waals surface area contributed by atoms with Crippen LogP contribution in [0.5, 0.6) is 23.0 Å². The predicted octanol–water partition coefficient (Wildman–Crippen LogP) is 6.84. The maximum Gasteiger partial charge on any atom is 0.205 e. The van der Waals surface area contributed by atoms with Crippen LogP contribution < -0.4 is 18.9 Å². The second kappa shape index (κ2) is 9.48. The van der Waals surface area contributed by atoms with Gasteiger partial charge in [0, 0.05) is 10.8 Å². The molecule has 4 aromatic rings. The zero-order chi connectivity index (χ0) is 22.5. The standard InChI is InChI=1S/C28H26O4/c1-5-14-29-22-18-20-11-9-10-19-12-13-21-24(23(19)20)25(22)27(31-16-7-3)28(32-17-8-4)26(21)30-15-6-2/h5-13,18H,1-4,14-17H2. The lowest BCUT2D eigenvalue weighted by Gasteiger charge is -2.23. The minimum atomic E-state index is 0.297. The van der Waals surface area contributed by atoms with E-state index in [0.717, 1.165) is 32.3 Å². The maximum absolute atomic E-state index is 6.19. The molecule has 0 aliphatic heterocycles. The lowest BCUT2D eigenvalue weighted by molar-refractivity contribution is 0.283.